The normalized spacial score (nSPS) is 23.1. The Kier molecular flexibility index (Phi) is 10.6. The van der Waals surface area contributed by atoms with Crippen LogP contribution >= 0.6 is 11.6 Å². The summed E-state index contributed by atoms with van der Waals surface area (Å²) in [4.78, 5) is 61.0. The summed E-state index contributed by atoms with van der Waals surface area (Å²) in [6.45, 7) is 1.09. The maximum Gasteiger partial charge on any atom is 0.246 e. The van der Waals surface area contributed by atoms with E-state index in [1.54, 1.807) is 26.8 Å². The molecule has 9 heteroatoms. The van der Waals surface area contributed by atoms with Crippen LogP contribution in [0.1, 0.15) is 56.1 Å². The lowest BCUT2D eigenvalue weighted by molar-refractivity contribution is -0.153. The van der Waals surface area contributed by atoms with E-state index in [1.807, 2.05) is 66.7 Å². The topological polar surface area (TPSA) is 90.0 Å². The van der Waals surface area contributed by atoms with Gasteiger partial charge < -0.3 is 20.0 Å². The van der Waals surface area contributed by atoms with E-state index in [0.717, 1.165) is 60.8 Å². The first-order valence-electron chi connectivity index (χ1n) is 16.9. The highest BCUT2D eigenvalue weighted by Gasteiger charge is 2.39. The number of hydrogen-bond acceptors (Lipinski definition) is 4. The first-order valence-corrected chi connectivity index (χ1v) is 17.2. The van der Waals surface area contributed by atoms with Gasteiger partial charge in [0.2, 0.25) is 23.6 Å². The molecule has 47 heavy (non-hydrogen) atoms. The van der Waals surface area contributed by atoms with Gasteiger partial charge in [-0.3, -0.25) is 19.2 Å². The lowest BCUT2D eigenvalue weighted by Crippen LogP contribution is -2.56. The second kappa shape index (κ2) is 15.2. The predicted octanol–water partition coefficient (Wildman–Crippen LogP) is 5.68. The molecule has 4 fully saturated rings. The van der Waals surface area contributed by atoms with E-state index in [-0.39, 0.29) is 61.6 Å². The van der Waals surface area contributed by atoms with Crippen molar-refractivity contribution >= 4 is 35.2 Å². The Hall–Kier alpha value is -4.17. The maximum atomic E-state index is 14.5. The molecule has 1 saturated carbocycles. The van der Waals surface area contributed by atoms with Crippen LogP contribution in [0.2, 0.25) is 5.02 Å². The van der Waals surface area contributed by atoms with Gasteiger partial charge in [-0.15, -0.1) is 0 Å². The first kappa shape index (κ1) is 32.8. The summed E-state index contributed by atoms with van der Waals surface area (Å²) < 4.78 is 0. The molecule has 1 aliphatic carbocycles. The summed E-state index contributed by atoms with van der Waals surface area (Å²) in [7, 11) is 0. The Balaban J connectivity index is 1.35. The molecule has 3 aliphatic heterocycles. The molecule has 3 aromatic rings. The van der Waals surface area contributed by atoms with E-state index < -0.39 is 6.04 Å². The average Bonchev–Trinajstić information content (AvgIpc) is 3.10. The fourth-order valence-corrected chi connectivity index (χ4v) is 7.54. The smallest absolute Gasteiger partial charge is 0.246 e. The zero-order valence-electron chi connectivity index (χ0n) is 26.8. The van der Waals surface area contributed by atoms with Crippen molar-refractivity contribution < 1.29 is 19.2 Å². The van der Waals surface area contributed by atoms with E-state index in [9.17, 15) is 19.2 Å². The van der Waals surface area contributed by atoms with Gasteiger partial charge in [0.1, 0.15) is 12.6 Å². The minimum absolute atomic E-state index is 0.0470. The first-order chi connectivity index (χ1) is 22.9. The van der Waals surface area contributed by atoms with Crippen molar-refractivity contribution in [2.24, 2.45) is 11.8 Å². The van der Waals surface area contributed by atoms with Crippen molar-refractivity contribution in [3.8, 4) is 11.1 Å². The van der Waals surface area contributed by atoms with Crippen LogP contribution < -0.4 is 5.32 Å². The third-order valence-electron chi connectivity index (χ3n) is 9.91. The summed E-state index contributed by atoms with van der Waals surface area (Å²) in [5.41, 5.74) is 3.70. The van der Waals surface area contributed by atoms with E-state index >= 15 is 0 Å². The third-order valence-corrected chi connectivity index (χ3v) is 10.1. The molecule has 3 saturated heterocycles. The number of carbonyl (C=O) groups is 4. The molecule has 1 atom stereocenters. The average molecular weight is 655 g/mol. The molecule has 0 aromatic heterocycles. The Bertz CT molecular complexity index is 1590. The molecule has 7 rings (SSSR count). The molecule has 3 heterocycles. The van der Waals surface area contributed by atoms with E-state index in [0.29, 0.717) is 24.5 Å². The van der Waals surface area contributed by atoms with Crippen LogP contribution in [-0.2, 0) is 32.3 Å². The molecular weight excluding hydrogens is 612 g/mol. The Morgan fingerprint density at radius 1 is 0.723 bits per heavy atom. The van der Waals surface area contributed by atoms with Crippen molar-refractivity contribution in [3.63, 3.8) is 0 Å². The molecule has 1 N–H and O–H groups in total. The molecule has 8 nitrogen and oxygen atoms in total. The van der Waals surface area contributed by atoms with E-state index in [2.05, 4.69) is 5.32 Å². The minimum Gasteiger partial charge on any atom is -0.354 e. The van der Waals surface area contributed by atoms with Gasteiger partial charge in [-0.25, -0.2) is 0 Å². The lowest BCUT2D eigenvalue weighted by atomic mass is 9.80. The number of benzene rings is 3. The Labute approximate surface area is 282 Å². The standard InChI is InChI=1S/C38H43ClN4O4/c39-32-13-8-9-28(21-32)23-42-26-36(45)41(24-31-12-4-5-14-33(31)29-10-2-1-3-11-29)25-35(44)40-22-27-16-18-30(19-17-27)37(46)43-20-7-6-15-34(43)38(42)47/h1-5,8-14,21,27,30,34H,6-7,15-20,22-26H2,(H,40,44)/t27?,30?,34-/m0/s1. The van der Waals surface area contributed by atoms with Crippen LogP contribution in [0.4, 0.5) is 0 Å². The van der Waals surface area contributed by atoms with Crippen molar-refractivity contribution in [1.29, 1.82) is 0 Å². The van der Waals surface area contributed by atoms with Crippen molar-refractivity contribution in [2.75, 3.05) is 26.2 Å². The quantitative estimate of drug-likeness (QED) is 0.359. The monoisotopic (exact) mass is 654 g/mol. The third kappa shape index (κ3) is 8.04. The SMILES string of the molecule is O=C1CN(Cc2ccccc2-c2ccccc2)C(=O)CN(Cc2cccc(Cl)c2)C(=O)[C@@H]2CCCCN2C(=O)C2CCC(CC2)CN1. The molecule has 0 radical (unpaired) electrons. The Morgan fingerprint density at radius 3 is 2.28 bits per heavy atom. The van der Waals surface area contributed by atoms with Gasteiger partial charge in [0.15, 0.2) is 0 Å². The molecule has 0 spiro atoms. The second-order valence-corrected chi connectivity index (χ2v) is 13.6. The summed E-state index contributed by atoms with van der Waals surface area (Å²) in [5, 5.41) is 3.61. The highest BCUT2D eigenvalue weighted by atomic mass is 35.5. The van der Waals surface area contributed by atoms with Crippen LogP contribution in [0.25, 0.3) is 11.1 Å². The number of fused-ring (bicyclic) bond motifs is 10. The maximum absolute atomic E-state index is 14.5. The van der Waals surface area contributed by atoms with Gasteiger partial charge in [0.25, 0.3) is 0 Å². The van der Waals surface area contributed by atoms with Gasteiger partial charge in [0.05, 0.1) is 6.54 Å². The van der Waals surface area contributed by atoms with Crippen LogP contribution in [0.3, 0.4) is 0 Å². The lowest BCUT2D eigenvalue weighted by Gasteiger charge is -2.41. The fourth-order valence-electron chi connectivity index (χ4n) is 7.32. The summed E-state index contributed by atoms with van der Waals surface area (Å²) >= 11 is 6.32. The number of carbonyl (C=O) groups excluding carboxylic acids is 4. The molecule has 2 bridgehead atoms. The van der Waals surface area contributed by atoms with E-state index in [1.165, 1.54) is 0 Å². The number of amides is 4. The predicted molar refractivity (Wildman–Crippen MR) is 182 cm³/mol. The van der Waals surface area contributed by atoms with Crippen molar-refractivity contribution in [1.82, 2.24) is 20.0 Å². The highest BCUT2D eigenvalue weighted by Crippen LogP contribution is 2.32. The Morgan fingerprint density at radius 2 is 1.49 bits per heavy atom. The molecule has 246 valence electrons. The number of hydrogen-bond donors (Lipinski definition) is 1. The molecule has 3 aromatic carbocycles. The summed E-state index contributed by atoms with van der Waals surface area (Å²) in [6.07, 6.45) is 5.46. The zero-order chi connectivity index (χ0) is 32.8. The number of rotatable bonds is 5. The number of nitrogens with zero attached hydrogens (tertiary/aromatic N) is 3. The second-order valence-electron chi connectivity index (χ2n) is 13.2. The number of halogens is 1. The van der Waals surface area contributed by atoms with Gasteiger partial charge in [-0.05, 0) is 85.3 Å². The van der Waals surface area contributed by atoms with Crippen LogP contribution in [0.5, 0.6) is 0 Å². The van der Waals surface area contributed by atoms with Crippen molar-refractivity contribution in [3.05, 3.63) is 95.0 Å². The molecule has 4 amide bonds. The number of piperidine rings is 1. The molecule has 0 unspecified atom stereocenters. The summed E-state index contributed by atoms with van der Waals surface area (Å²) in [6, 6.07) is 24.5. The largest absolute Gasteiger partial charge is 0.354 e. The fraction of sp³-hybridized carbons (Fsp3) is 0.421. The zero-order valence-corrected chi connectivity index (χ0v) is 27.5. The molecule has 4 aliphatic rings. The van der Waals surface area contributed by atoms with Gasteiger partial charge in [0, 0.05) is 37.1 Å². The van der Waals surface area contributed by atoms with Gasteiger partial charge in [-0.2, -0.15) is 0 Å². The molecular formula is C38H43ClN4O4. The van der Waals surface area contributed by atoms with Gasteiger partial charge in [-0.1, -0.05) is 78.3 Å². The van der Waals surface area contributed by atoms with Crippen LogP contribution in [0, 0.1) is 11.8 Å². The highest BCUT2D eigenvalue weighted by molar-refractivity contribution is 6.30. The van der Waals surface area contributed by atoms with Crippen LogP contribution in [0.15, 0.2) is 78.9 Å². The van der Waals surface area contributed by atoms with Gasteiger partial charge >= 0.3 is 0 Å². The van der Waals surface area contributed by atoms with Crippen LogP contribution in [-0.4, -0.2) is 70.5 Å². The summed E-state index contributed by atoms with van der Waals surface area (Å²) in [5.74, 6) is -0.586. The van der Waals surface area contributed by atoms with E-state index in [4.69, 9.17) is 11.6 Å². The number of nitrogens with one attached hydrogen (secondary N) is 1. The minimum atomic E-state index is -0.621. The van der Waals surface area contributed by atoms with Crippen molar-refractivity contribution in [2.45, 2.75) is 64.1 Å².